The largest absolute Gasteiger partial charge is 0.334 e. The number of benzene rings is 2. The average Bonchev–Trinajstić information content (AvgIpc) is 2.73. The summed E-state index contributed by atoms with van der Waals surface area (Å²) in [5.41, 5.74) is 3.76. The average molecular weight is 394 g/mol. The molecule has 1 amide bonds. The normalized spacial score (nSPS) is 13.3. The smallest absolute Gasteiger partial charge is 0.256 e. The highest BCUT2D eigenvalue weighted by Crippen LogP contribution is 2.21. The molecule has 0 saturated heterocycles. The number of halogens is 1. The molecule has 142 valence electrons. The van der Waals surface area contributed by atoms with Crippen LogP contribution in [0.15, 0.2) is 53.3 Å². The fraction of sp³-hybridized carbons (Fsp3) is 0.227. The molecule has 0 unspecified atom stereocenters. The zero-order chi connectivity index (χ0) is 19.7. The van der Waals surface area contributed by atoms with Crippen LogP contribution in [0.4, 0.5) is 0 Å². The maximum atomic E-state index is 12.8. The molecule has 2 aromatic carbocycles. The Balaban J connectivity index is 1.61. The van der Waals surface area contributed by atoms with Gasteiger partial charge in [0.15, 0.2) is 0 Å². The van der Waals surface area contributed by atoms with Crippen molar-refractivity contribution in [3.63, 3.8) is 0 Å². The zero-order valence-corrected chi connectivity index (χ0v) is 16.3. The van der Waals surface area contributed by atoms with Crippen LogP contribution in [0.1, 0.15) is 34.1 Å². The second kappa shape index (κ2) is 7.60. The highest BCUT2D eigenvalue weighted by molar-refractivity contribution is 6.30. The number of aromatic amines is 1. The highest BCUT2D eigenvalue weighted by Gasteiger charge is 2.25. The summed E-state index contributed by atoms with van der Waals surface area (Å²) in [4.78, 5) is 34.6. The molecular weight excluding hydrogens is 374 g/mol. The van der Waals surface area contributed by atoms with E-state index in [0.717, 1.165) is 17.7 Å². The summed E-state index contributed by atoms with van der Waals surface area (Å²) in [6.07, 6.45) is 1.51. The molecule has 0 saturated carbocycles. The lowest BCUT2D eigenvalue weighted by atomic mass is 10.0. The van der Waals surface area contributed by atoms with Gasteiger partial charge < -0.3 is 9.88 Å². The van der Waals surface area contributed by atoms with Gasteiger partial charge in [-0.2, -0.15) is 0 Å². The van der Waals surface area contributed by atoms with E-state index in [1.165, 1.54) is 5.56 Å². The molecule has 1 N–H and O–H groups in total. The van der Waals surface area contributed by atoms with Gasteiger partial charge in [0.2, 0.25) is 0 Å². The van der Waals surface area contributed by atoms with Crippen molar-refractivity contribution in [2.75, 3.05) is 6.54 Å². The second-order valence-electron chi connectivity index (χ2n) is 6.88. The number of aryl methyl sites for hydroxylation is 1. The van der Waals surface area contributed by atoms with Crippen LogP contribution in [0.2, 0.25) is 5.02 Å². The number of hydrogen-bond donors (Lipinski definition) is 1. The Bertz CT molecular complexity index is 1090. The third-order valence-electron chi connectivity index (χ3n) is 5.06. The number of amides is 1. The van der Waals surface area contributed by atoms with E-state index in [1.54, 1.807) is 29.2 Å². The predicted octanol–water partition coefficient (Wildman–Crippen LogP) is 3.85. The molecule has 0 bridgehead atoms. The Hall–Kier alpha value is -2.92. The first-order valence-electron chi connectivity index (χ1n) is 9.31. The van der Waals surface area contributed by atoms with Gasteiger partial charge in [-0.25, -0.2) is 4.98 Å². The van der Waals surface area contributed by atoms with E-state index in [1.807, 2.05) is 24.3 Å². The van der Waals surface area contributed by atoms with E-state index in [4.69, 9.17) is 11.6 Å². The first-order chi connectivity index (χ1) is 13.5. The van der Waals surface area contributed by atoms with E-state index in [2.05, 4.69) is 16.9 Å². The number of H-pyrrole nitrogens is 1. The standard InChI is InChI=1S/C22H20ClN3O2/c1-2-14-6-8-15(9-7-14)20-24-19-10-11-26(13-18(19)21(27)25-20)22(28)16-4-3-5-17(23)12-16/h3-9,12H,2,10-11,13H2,1H3,(H,24,25,27). The van der Waals surface area contributed by atoms with Crippen molar-refractivity contribution in [2.45, 2.75) is 26.3 Å². The number of rotatable bonds is 3. The van der Waals surface area contributed by atoms with Gasteiger partial charge in [0, 0.05) is 29.1 Å². The molecule has 6 heteroatoms. The molecule has 1 aliphatic rings. The van der Waals surface area contributed by atoms with Crippen LogP contribution in [0.25, 0.3) is 11.4 Å². The SMILES string of the molecule is CCc1ccc(-c2nc3c(c(=O)[nH]2)CN(C(=O)c2cccc(Cl)c2)CC3)cc1. The van der Waals surface area contributed by atoms with Crippen LogP contribution in [0.3, 0.4) is 0 Å². The predicted molar refractivity (Wildman–Crippen MR) is 110 cm³/mol. The van der Waals surface area contributed by atoms with Crippen molar-refractivity contribution in [2.24, 2.45) is 0 Å². The van der Waals surface area contributed by atoms with Crippen molar-refractivity contribution in [1.29, 1.82) is 0 Å². The molecule has 0 aliphatic carbocycles. The van der Waals surface area contributed by atoms with Gasteiger partial charge in [-0.05, 0) is 30.2 Å². The number of nitrogens with zero attached hydrogens (tertiary/aromatic N) is 2. The van der Waals surface area contributed by atoms with E-state index in [9.17, 15) is 9.59 Å². The first-order valence-corrected chi connectivity index (χ1v) is 9.69. The second-order valence-corrected chi connectivity index (χ2v) is 7.31. The van der Waals surface area contributed by atoms with E-state index < -0.39 is 0 Å². The van der Waals surface area contributed by atoms with E-state index in [-0.39, 0.29) is 18.0 Å². The lowest BCUT2D eigenvalue weighted by molar-refractivity contribution is 0.0732. The quantitative estimate of drug-likeness (QED) is 0.735. The molecule has 28 heavy (non-hydrogen) atoms. The summed E-state index contributed by atoms with van der Waals surface area (Å²) in [6.45, 7) is 2.87. The van der Waals surface area contributed by atoms with Gasteiger partial charge in [0.25, 0.3) is 11.5 Å². The number of nitrogens with one attached hydrogen (secondary N) is 1. The van der Waals surface area contributed by atoms with E-state index in [0.29, 0.717) is 34.9 Å². The maximum Gasteiger partial charge on any atom is 0.256 e. The van der Waals surface area contributed by atoms with Crippen molar-refractivity contribution in [1.82, 2.24) is 14.9 Å². The van der Waals surface area contributed by atoms with Gasteiger partial charge in [0.1, 0.15) is 5.82 Å². The summed E-state index contributed by atoms with van der Waals surface area (Å²) >= 11 is 5.99. The zero-order valence-electron chi connectivity index (χ0n) is 15.5. The molecule has 2 heterocycles. The maximum absolute atomic E-state index is 12.8. The summed E-state index contributed by atoms with van der Waals surface area (Å²) in [5, 5.41) is 0.515. The summed E-state index contributed by atoms with van der Waals surface area (Å²) in [7, 11) is 0. The molecule has 0 fully saturated rings. The molecule has 4 rings (SSSR count). The monoisotopic (exact) mass is 393 g/mol. The molecule has 1 aliphatic heterocycles. The molecule has 0 atom stereocenters. The number of aromatic nitrogens is 2. The molecular formula is C22H20ClN3O2. The van der Waals surface area contributed by atoms with E-state index >= 15 is 0 Å². The fourth-order valence-electron chi connectivity index (χ4n) is 3.44. The summed E-state index contributed by atoms with van der Waals surface area (Å²) in [5.74, 6) is 0.438. The Kier molecular flexibility index (Phi) is 5.01. The summed E-state index contributed by atoms with van der Waals surface area (Å²) in [6, 6.07) is 14.9. The lowest BCUT2D eigenvalue weighted by Gasteiger charge is -2.28. The van der Waals surface area contributed by atoms with Crippen molar-refractivity contribution < 1.29 is 4.79 Å². The highest BCUT2D eigenvalue weighted by atomic mass is 35.5. The molecule has 5 nitrogen and oxygen atoms in total. The fourth-order valence-corrected chi connectivity index (χ4v) is 3.63. The van der Waals surface area contributed by atoms with Gasteiger partial charge >= 0.3 is 0 Å². The first kappa shape index (κ1) is 18.4. The molecule has 3 aromatic rings. The number of fused-ring (bicyclic) bond motifs is 1. The molecule has 1 aromatic heterocycles. The third kappa shape index (κ3) is 3.58. The number of hydrogen-bond acceptors (Lipinski definition) is 3. The van der Waals surface area contributed by atoms with Crippen LogP contribution in [0.5, 0.6) is 0 Å². The Morgan fingerprint density at radius 1 is 1.21 bits per heavy atom. The van der Waals surface area contributed by atoms with Gasteiger partial charge in [0.05, 0.1) is 17.8 Å². The molecule has 0 radical (unpaired) electrons. The Morgan fingerprint density at radius 3 is 2.71 bits per heavy atom. The van der Waals surface area contributed by atoms with Gasteiger partial charge in [-0.15, -0.1) is 0 Å². The topological polar surface area (TPSA) is 66.1 Å². The minimum Gasteiger partial charge on any atom is -0.334 e. The van der Waals surface area contributed by atoms with Crippen LogP contribution >= 0.6 is 11.6 Å². The minimum atomic E-state index is -0.192. The number of carbonyl (C=O) groups is 1. The van der Waals surface area contributed by atoms with Crippen molar-refractivity contribution >= 4 is 17.5 Å². The van der Waals surface area contributed by atoms with Crippen LogP contribution in [0, 0.1) is 0 Å². The lowest BCUT2D eigenvalue weighted by Crippen LogP contribution is -2.39. The van der Waals surface area contributed by atoms with Crippen LogP contribution < -0.4 is 5.56 Å². The molecule has 0 spiro atoms. The third-order valence-corrected chi connectivity index (χ3v) is 5.30. The van der Waals surface area contributed by atoms with Crippen LogP contribution in [-0.4, -0.2) is 27.3 Å². The van der Waals surface area contributed by atoms with Gasteiger partial charge in [-0.3, -0.25) is 9.59 Å². The Morgan fingerprint density at radius 2 is 2.00 bits per heavy atom. The summed E-state index contributed by atoms with van der Waals surface area (Å²) < 4.78 is 0. The van der Waals surface area contributed by atoms with Crippen LogP contribution in [-0.2, 0) is 19.4 Å². The van der Waals surface area contributed by atoms with Gasteiger partial charge in [-0.1, -0.05) is 48.9 Å². The minimum absolute atomic E-state index is 0.133. The Labute approximate surface area is 168 Å². The van der Waals surface area contributed by atoms with Crippen molar-refractivity contribution in [3.8, 4) is 11.4 Å². The van der Waals surface area contributed by atoms with Crippen molar-refractivity contribution in [3.05, 3.63) is 86.3 Å². The number of carbonyl (C=O) groups excluding carboxylic acids is 1.